The molecule has 1 rings (SSSR count). The van der Waals surface area contributed by atoms with Crippen LogP contribution in [-0.2, 0) is 4.74 Å². The Morgan fingerprint density at radius 3 is 2.83 bits per heavy atom. The maximum absolute atomic E-state index is 11.3. The van der Waals surface area contributed by atoms with Crippen molar-refractivity contribution in [2.75, 3.05) is 6.54 Å². The highest BCUT2D eigenvalue weighted by molar-refractivity contribution is 5.67. The molecule has 1 aromatic rings. The molecule has 0 aliphatic rings. The Bertz CT molecular complexity index is 396. The number of nitrogens with zero attached hydrogens (tertiary/aromatic N) is 2. The van der Waals surface area contributed by atoms with Crippen LogP contribution in [-0.4, -0.2) is 28.2 Å². The average molecular weight is 249 g/mol. The molecule has 98 valence electrons. The molecular weight excluding hydrogens is 230 g/mol. The van der Waals surface area contributed by atoms with Crippen LogP contribution in [0.5, 0.6) is 0 Å². The van der Waals surface area contributed by atoms with Gasteiger partial charge in [0.1, 0.15) is 5.60 Å². The lowest BCUT2D eigenvalue weighted by Gasteiger charge is -2.19. The summed E-state index contributed by atoms with van der Waals surface area (Å²) in [4.78, 5) is 19.4. The maximum Gasteiger partial charge on any atom is 0.407 e. The molecular formula is C13H19N3O2. The van der Waals surface area contributed by atoms with Gasteiger partial charge in [-0.1, -0.05) is 6.08 Å². The fraction of sp³-hybridized carbons (Fsp3) is 0.462. The Morgan fingerprint density at radius 1 is 1.44 bits per heavy atom. The van der Waals surface area contributed by atoms with Crippen LogP contribution in [0.1, 0.15) is 32.9 Å². The molecule has 0 bridgehead atoms. The number of carbonyl (C=O) groups excluding carboxylic acids is 1. The lowest BCUT2D eigenvalue weighted by Crippen LogP contribution is -2.32. The molecule has 0 saturated heterocycles. The molecule has 0 saturated carbocycles. The van der Waals surface area contributed by atoms with Gasteiger partial charge in [0.15, 0.2) is 0 Å². The van der Waals surface area contributed by atoms with Crippen molar-refractivity contribution in [3.63, 3.8) is 0 Å². The van der Waals surface area contributed by atoms with Crippen molar-refractivity contribution < 1.29 is 9.53 Å². The predicted molar refractivity (Wildman–Crippen MR) is 69.9 cm³/mol. The molecule has 5 heteroatoms. The van der Waals surface area contributed by atoms with Gasteiger partial charge in [-0.3, -0.25) is 9.97 Å². The van der Waals surface area contributed by atoms with Gasteiger partial charge in [0.2, 0.25) is 0 Å². The average Bonchev–Trinajstić information content (AvgIpc) is 2.27. The summed E-state index contributed by atoms with van der Waals surface area (Å²) in [5.74, 6) is 0. The molecule has 1 N–H and O–H groups in total. The van der Waals surface area contributed by atoms with Crippen molar-refractivity contribution in [1.82, 2.24) is 15.3 Å². The first kappa shape index (κ1) is 14.2. The number of carbonyl (C=O) groups is 1. The number of nitrogens with one attached hydrogen (secondary N) is 1. The number of ether oxygens (including phenoxy) is 1. The molecule has 0 aliphatic carbocycles. The maximum atomic E-state index is 11.3. The second-order valence-corrected chi connectivity index (χ2v) is 4.75. The van der Waals surface area contributed by atoms with E-state index < -0.39 is 11.7 Å². The SMILES string of the molecule is CC(C)(C)OC(=O)NCCC=Cc1cnccn1. The molecule has 0 unspecified atom stereocenters. The van der Waals surface area contributed by atoms with Crippen LogP contribution < -0.4 is 5.32 Å². The molecule has 0 spiro atoms. The fourth-order valence-corrected chi connectivity index (χ4v) is 1.17. The van der Waals surface area contributed by atoms with E-state index in [1.807, 2.05) is 32.9 Å². The van der Waals surface area contributed by atoms with E-state index >= 15 is 0 Å². The van der Waals surface area contributed by atoms with Crippen LogP contribution >= 0.6 is 0 Å². The molecule has 1 aromatic heterocycles. The van der Waals surface area contributed by atoms with Crippen molar-refractivity contribution in [1.29, 1.82) is 0 Å². The van der Waals surface area contributed by atoms with E-state index in [4.69, 9.17) is 4.74 Å². The summed E-state index contributed by atoms with van der Waals surface area (Å²) < 4.78 is 5.11. The molecule has 1 amide bonds. The zero-order valence-electron chi connectivity index (χ0n) is 11.0. The standard InChI is InChI=1S/C13H19N3O2/c1-13(2,3)18-12(17)16-7-5-4-6-11-10-14-8-9-15-11/h4,6,8-10H,5,7H2,1-3H3,(H,16,17). The highest BCUT2D eigenvalue weighted by atomic mass is 16.6. The predicted octanol–water partition coefficient (Wildman–Crippen LogP) is 2.40. The Hall–Kier alpha value is -1.91. The number of alkyl carbamates (subject to hydrolysis) is 1. The third kappa shape index (κ3) is 6.62. The molecule has 18 heavy (non-hydrogen) atoms. The van der Waals surface area contributed by atoms with Gasteiger partial charge < -0.3 is 10.1 Å². The van der Waals surface area contributed by atoms with Gasteiger partial charge in [0, 0.05) is 18.9 Å². The van der Waals surface area contributed by atoms with E-state index in [0.29, 0.717) is 6.54 Å². The molecule has 0 aliphatic heterocycles. The van der Waals surface area contributed by atoms with E-state index in [1.165, 1.54) is 0 Å². The van der Waals surface area contributed by atoms with Crippen LogP contribution in [0, 0.1) is 0 Å². The number of aromatic nitrogens is 2. The van der Waals surface area contributed by atoms with E-state index in [9.17, 15) is 4.79 Å². The normalized spacial score (nSPS) is 11.5. The summed E-state index contributed by atoms with van der Waals surface area (Å²) in [6.07, 6.45) is 9.06. The van der Waals surface area contributed by atoms with Gasteiger partial charge in [-0.15, -0.1) is 0 Å². The van der Waals surface area contributed by atoms with E-state index in [1.54, 1.807) is 18.6 Å². The van der Waals surface area contributed by atoms with Gasteiger partial charge in [0.25, 0.3) is 0 Å². The molecule has 0 aromatic carbocycles. The number of amides is 1. The van der Waals surface area contributed by atoms with Gasteiger partial charge >= 0.3 is 6.09 Å². The van der Waals surface area contributed by atoms with Crippen LogP contribution in [0.3, 0.4) is 0 Å². The minimum absolute atomic E-state index is 0.393. The summed E-state index contributed by atoms with van der Waals surface area (Å²) in [6.45, 7) is 6.04. The van der Waals surface area contributed by atoms with Gasteiger partial charge in [-0.05, 0) is 33.3 Å². The number of hydrogen-bond donors (Lipinski definition) is 1. The molecule has 0 radical (unpaired) electrons. The largest absolute Gasteiger partial charge is 0.444 e. The van der Waals surface area contributed by atoms with Crippen molar-refractivity contribution in [2.24, 2.45) is 0 Å². The van der Waals surface area contributed by atoms with Crippen LogP contribution in [0.2, 0.25) is 0 Å². The minimum Gasteiger partial charge on any atom is -0.444 e. The second-order valence-electron chi connectivity index (χ2n) is 4.75. The van der Waals surface area contributed by atoms with Crippen molar-refractivity contribution >= 4 is 12.2 Å². The Balaban J connectivity index is 2.19. The van der Waals surface area contributed by atoms with Gasteiger partial charge in [0.05, 0.1) is 11.9 Å². The highest BCUT2D eigenvalue weighted by Crippen LogP contribution is 2.06. The zero-order chi connectivity index (χ0) is 13.4. The minimum atomic E-state index is -0.459. The Kier molecular flexibility index (Phi) is 5.30. The van der Waals surface area contributed by atoms with Crippen molar-refractivity contribution in [3.8, 4) is 0 Å². The third-order valence-electron chi connectivity index (χ3n) is 1.85. The van der Waals surface area contributed by atoms with Gasteiger partial charge in [-0.25, -0.2) is 4.79 Å². The van der Waals surface area contributed by atoms with Crippen LogP contribution in [0.15, 0.2) is 24.7 Å². The number of hydrogen-bond acceptors (Lipinski definition) is 4. The topological polar surface area (TPSA) is 64.1 Å². The first-order chi connectivity index (χ1) is 8.47. The molecule has 0 atom stereocenters. The fourth-order valence-electron chi connectivity index (χ4n) is 1.17. The lowest BCUT2D eigenvalue weighted by molar-refractivity contribution is 0.0529. The highest BCUT2D eigenvalue weighted by Gasteiger charge is 2.14. The summed E-state index contributed by atoms with van der Waals surface area (Å²) in [5.41, 5.74) is 0.342. The van der Waals surface area contributed by atoms with Crippen molar-refractivity contribution in [3.05, 3.63) is 30.4 Å². The van der Waals surface area contributed by atoms with E-state index in [0.717, 1.165) is 12.1 Å². The quantitative estimate of drug-likeness (QED) is 0.832. The third-order valence-corrected chi connectivity index (χ3v) is 1.85. The summed E-state index contributed by atoms with van der Waals surface area (Å²) >= 11 is 0. The first-order valence-electron chi connectivity index (χ1n) is 5.87. The molecule has 1 heterocycles. The summed E-state index contributed by atoms with van der Waals surface area (Å²) in [6, 6.07) is 0. The summed E-state index contributed by atoms with van der Waals surface area (Å²) in [5, 5.41) is 2.68. The smallest absolute Gasteiger partial charge is 0.407 e. The molecule has 5 nitrogen and oxygen atoms in total. The summed E-state index contributed by atoms with van der Waals surface area (Å²) in [7, 11) is 0. The first-order valence-corrected chi connectivity index (χ1v) is 5.87. The van der Waals surface area contributed by atoms with Crippen LogP contribution in [0.4, 0.5) is 4.79 Å². The second kappa shape index (κ2) is 6.74. The van der Waals surface area contributed by atoms with E-state index in [2.05, 4.69) is 15.3 Å². The van der Waals surface area contributed by atoms with E-state index in [-0.39, 0.29) is 0 Å². The Morgan fingerprint density at radius 2 is 2.22 bits per heavy atom. The van der Waals surface area contributed by atoms with Crippen LogP contribution in [0.25, 0.3) is 6.08 Å². The lowest BCUT2D eigenvalue weighted by atomic mass is 10.2. The number of rotatable bonds is 4. The van der Waals surface area contributed by atoms with Gasteiger partial charge in [-0.2, -0.15) is 0 Å². The van der Waals surface area contributed by atoms with Crippen molar-refractivity contribution in [2.45, 2.75) is 32.8 Å². The monoisotopic (exact) mass is 249 g/mol. The Labute approximate surface area is 107 Å². The zero-order valence-corrected chi connectivity index (χ0v) is 11.0. The molecule has 0 fully saturated rings.